The van der Waals surface area contributed by atoms with Crippen LogP contribution in [0.15, 0.2) is 18.3 Å². The molecule has 3 aliphatic rings. The normalized spacial score (nSPS) is 23.5. The SMILES string of the molecule is Cc1cc2c(c(OC(C)C)c1F)C(=O)N1C[C@@H](Oc3cc4c(cn3)CCC(=O)N4)C[C@@H]1[C@H](C)O2. The van der Waals surface area contributed by atoms with Gasteiger partial charge in [-0.25, -0.2) is 9.37 Å². The van der Waals surface area contributed by atoms with Crippen molar-refractivity contribution in [2.24, 2.45) is 0 Å². The molecular formula is C25H28FN3O5. The molecule has 0 radical (unpaired) electrons. The summed E-state index contributed by atoms with van der Waals surface area (Å²) in [6, 6.07) is 3.03. The van der Waals surface area contributed by atoms with Crippen molar-refractivity contribution in [3.63, 3.8) is 0 Å². The minimum absolute atomic E-state index is 0.0315. The van der Waals surface area contributed by atoms with E-state index < -0.39 is 5.82 Å². The van der Waals surface area contributed by atoms with Gasteiger partial charge in [0.2, 0.25) is 11.8 Å². The summed E-state index contributed by atoms with van der Waals surface area (Å²) in [5, 5.41) is 2.85. The molecule has 8 nitrogen and oxygen atoms in total. The highest BCUT2D eigenvalue weighted by Gasteiger charge is 2.45. The Morgan fingerprint density at radius 1 is 1.26 bits per heavy atom. The van der Waals surface area contributed by atoms with E-state index in [1.54, 1.807) is 44.0 Å². The summed E-state index contributed by atoms with van der Waals surface area (Å²) in [6.07, 6.45) is 2.38. The summed E-state index contributed by atoms with van der Waals surface area (Å²) in [4.78, 5) is 31.4. The number of nitrogens with one attached hydrogen (secondary N) is 1. The Bertz CT molecular complexity index is 1170. The van der Waals surface area contributed by atoms with Crippen LogP contribution in [0, 0.1) is 12.7 Å². The Labute approximate surface area is 197 Å². The molecular weight excluding hydrogens is 441 g/mol. The van der Waals surface area contributed by atoms with Gasteiger partial charge >= 0.3 is 0 Å². The van der Waals surface area contributed by atoms with Gasteiger partial charge in [0.15, 0.2) is 11.6 Å². The predicted octanol–water partition coefficient (Wildman–Crippen LogP) is 3.64. The lowest BCUT2D eigenvalue weighted by Crippen LogP contribution is -2.41. The molecule has 1 aromatic heterocycles. The molecule has 4 heterocycles. The van der Waals surface area contributed by atoms with Crippen molar-refractivity contribution < 1.29 is 28.2 Å². The summed E-state index contributed by atoms with van der Waals surface area (Å²) in [7, 11) is 0. The van der Waals surface area contributed by atoms with E-state index in [0.29, 0.717) is 48.7 Å². The number of anilines is 1. The molecule has 1 aromatic carbocycles. The summed E-state index contributed by atoms with van der Waals surface area (Å²) >= 11 is 0. The highest BCUT2D eigenvalue weighted by atomic mass is 19.1. The minimum Gasteiger partial charge on any atom is -0.488 e. The largest absolute Gasteiger partial charge is 0.488 e. The van der Waals surface area contributed by atoms with Crippen LogP contribution in [0.3, 0.4) is 0 Å². The maximum Gasteiger partial charge on any atom is 0.262 e. The molecule has 1 N–H and O–H groups in total. The lowest BCUT2D eigenvalue weighted by atomic mass is 10.1. The minimum atomic E-state index is -0.553. The highest BCUT2D eigenvalue weighted by Crippen LogP contribution is 2.41. The number of aromatic nitrogens is 1. The number of carbonyl (C=O) groups is 2. The lowest BCUT2D eigenvalue weighted by Gasteiger charge is -2.25. The number of rotatable bonds is 4. The van der Waals surface area contributed by atoms with Gasteiger partial charge in [-0.15, -0.1) is 0 Å². The number of benzene rings is 1. The molecule has 1 saturated heterocycles. The molecule has 180 valence electrons. The van der Waals surface area contributed by atoms with Gasteiger partial charge in [0.05, 0.1) is 24.4 Å². The lowest BCUT2D eigenvalue weighted by molar-refractivity contribution is -0.116. The Morgan fingerprint density at radius 2 is 2.06 bits per heavy atom. The van der Waals surface area contributed by atoms with Crippen molar-refractivity contribution >= 4 is 17.5 Å². The number of aryl methyl sites for hydroxylation is 2. The van der Waals surface area contributed by atoms with Crippen LogP contribution in [-0.4, -0.2) is 52.6 Å². The first kappa shape index (κ1) is 22.4. The summed E-state index contributed by atoms with van der Waals surface area (Å²) in [6.45, 7) is 7.41. The fourth-order valence-electron chi connectivity index (χ4n) is 4.86. The van der Waals surface area contributed by atoms with Crippen LogP contribution >= 0.6 is 0 Å². The zero-order valence-corrected chi connectivity index (χ0v) is 19.7. The number of ether oxygens (including phenoxy) is 3. The van der Waals surface area contributed by atoms with Gasteiger partial charge in [-0.05, 0) is 51.3 Å². The van der Waals surface area contributed by atoms with E-state index in [9.17, 15) is 9.59 Å². The average Bonchev–Trinajstić information content (AvgIpc) is 3.16. The quantitative estimate of drug-likeness (QED) is 0.735. The van der Waals surface area contributed by atoms with Crippen LogP contribution in [0.4, 0.5) is 10.1 Å². The first-order chi connectivity index (χ1) is 16.2. The highest BCUT2D eigenvalue weighted by molar-refractivity contribution is 6.01. The summed E-state index contributed by atoms with van der Waals surface area (Å²) < 4.78 is 33.0. The second-order valence-electron chi connectivity index (χ2n) is 9.43. The van der Waals surface area contributed by atoms with Gasteiger partial charge in [-0.3, -0.25) is 9.59 Å². The van der Waals surface area contributed by atoms with Crippen LogP contribution < -0.4 is 19.5 Å². The number of hydrogen-bond acceptors (Lipinski definition) is 6. The zero-order chi connectivity index (χ0) is 24.1. The number of pyridine rings is 1. The molecule has 3 atom stereocenters. The fourth-order valence-corrected chi connectivity index (χ4v) is 4.86. The third-order valence-corrected chi connectivity index (χ3v) is 6.50. The topological polar surface area (TPSA) is 90.0 Å². The molecule has 0 bridgehead atoms. The van der Waals surface area contributed by atoms with Gasteiger partial charge in [-0.2, -0.15) is 0 Å². The maximum atomic E-state index is 15.0. The van der Waals surface area contributed by atoms with E-state index in [1.165, 1.54) is 0 Å². The number of amides is 2. The van der Waals surface area contributed by atoms with E-state index in [4.69, 9.17) is 14.2 Å². The van der Waals surface area contributed by atoms with Gasteiger partial charge in [-0.1, -0.05) is 0 Å². The Balaban J connectivity index is 1.42. The molecule has 5 rings (SSSR count). The fraction of sp³-hybridized carbons (Fsp3) is 0.480. The van der Waals surface area contributed by atoms with Crippen molar-refractivity contribution in [1.82, 2.24) is 9.88 Å². The summed E-state index contributed by atoms with van der Waals surface area (Å²) in [5.74, 6) is -0.268. The predicted molar refractivity (Wildman–Crippen MR) is 122 cm³/mol. The average molecular weight is 470 g/mol. The van der Waals surface area contributed by atoms with Gasteiger partial charge in [0.25, 0.3) is 5.91 Å². The second-order valence-corrected chi connectivity index (χ2v) is 9.43. The Kier molecular flexibility index (Phi) is 5.58. The van der Waals surface area contributed by atoms with Crippen molar-refractivity contribution in [1.29, 1.82) is 0 Å². The second kappa shape index (κ2) is 8.45. The van der Waals surface area contributed by atoms with E-state index in [2.05, 4.69) is 10.3 Å². The molecule has 0 aliphatic carbocycles. The zero-order valence-electron chi connectivity index (χ0n) is 19.7. The Hall–Kier alpha value is -3.36. The molecule has 0 saturated carbocycles. The van der Waals surface area contributed by atoms with Crippen LogP contribution in [0.5, 0.6) is 17.4 Å². The van der Waals surface area contributed by atoms with E-state index >= 15 is 4.39 Å². The number of hydrogen-bond donors (Lipinski definition) is 1. The van der Waals surface area contributed by atoms with Crippen LogP contribution in [0.25, 0.3) is 0 Å². The van der Waals surface area contributed by atoms with Crippen LogP contribution in [-0.2, 0) is 11.2 Å². The number of halogens is 1. The number of nitrogens with zero attached hydrogens (tertiary/aromatic N) is 2. The molecule has 2 amide bonds. The Morgan fingerprint density at radius 3 is 2.82 bits per heavy atom. The van der Waals surface area contributed by atoms with Crippen molar-refractivity contribution in [3.8, 4) is 17.4 Å². The maximum absolute atomic E-state index is 15.0. The van der Waals surface area contributed by atoms with Gasteiger partial charge < -0.3 is 24.4 Å². The molecule has 9 heteroatoms. The first-order valence-electron chi connectivity index (χ1n) is 11.6. The van der Waals surface area contributed by atoms with Crippen LogP contribution in [0.2, 0.25) is 0 Å². The van der Waals surface area contributed by atoms with Crippen LogP contribution in [0.1, 0.15) is 55.1 Å². The van der Waals surface area contributed by atoms with Crippen molar-refractivity contribution in [2.45, 2.75) is 71.3 Å². The third kappa shape index (κ3) is 3.93. The smallest absolute Gasteiger partial charge is 0.262 e. The van der Waals surface area contributed by atoms with Gasteiger partial charge in [0.1, 0.15) is 23.5 Å². The number of carbonyl (C=O) groups excluding carboxylic acids is 2. The molecule has 0 unspecified atom stereocenters. The molecule has 34 heavy (non-hydrogen) atoms. The van der Waals surface area contributed by atoms with Crippen molar-refractivity contribution in [2.75, 3.05) is 11.9 Å². The molecule has 2 aromatic rings. The first-order valence-corrected chi connectivity index (χ1v) is 11.6. The number of fused-ring (bicyclic) bond motifs is 3. The van der Waals surface area contributed by atoms with E-state index in [1.807, 2.05) is 6.92 Å². The van der Waals surface area contributed by atoms with E-state index in [-0.39, 0.29) is 47.5 Å². The third-order valence-electron chi connectivity index (χ3n) is 6.50. The summed E-state index contributed by atoms with van der Waals surface area (Å²) in [5.41, 5.74) is 2.15. The molecule has 0 spiro atoms. The molecule has 1 fully saturated rings. The van der Waals surface area contributed by atoms with E-state index in [0.717, 1.165) is 5.56 Å². The monoisotopic (exact) mass is 469 g/mol. The molecule has 3 aliphatic heterocycles. The van der Waals surface area contributed by atoms with Crippen molar-refractivity contribution in [3.05, 3.63) is 40.8 Å². The standard InChI is InChI=1S/C25H28FN3O5/c1-12(2)32-24-22-19(7-13(3)23(24)26)33-14(4)18-8-16(11-29(18)25(22)31)34-21-9-17-15(10-27-21)5-6-20(30)28-17/h7,9-10,12,14,16,18H,5-6,8,11H2,1-4H3,(H,28,30)/t14-,16-,18+/m0/s1. The van der Waals surface area contributed by atoms with Gasteiger partial charge in [0, 0.05) is 25.1 Å².